The number of fused-ring (bicyclic) bond motifs is 9. The van der Waals surface area contributed by atoms with Crippen LogP contribution in [0.4, 0.5) is 34.1 Å². The lowest BCUT2D eigenvalue weighted by Gasteiger charge is -2.13. The van der Waals surface area contributed by atoms with E-state index in [4.69, 9.17) is 64.3 Å². The van der Waals surface area contributed by atoms with Gasteiger partial charge in [-0.15, -0.1) is 0 Å². The number of hydrogen-bond acceptors (Lipinski definition) is 12. The molecule has 54 heavy (non-hydrogen) atoms. The second-order valence-electron chi connectivity index (χ2n) is 13.4. The smallest absolute Gasteiger partial charge is 0.118 e. The maximum atomic E-state index is 6.16. The lowest BCUT2D eigenvalue weighted by molar-refractivity contribution is 1.30. The second-order valence-corrected chi connectivity index (χ2v) is 13.4. The van der Waals surface area contributed by atoms with Crippen molar-refractivity contribution in [3.63, 3.8) is 0 Å². The normalized spacial score (nSPS) is 11.8. The van der Waals surface area contributed by atoms with Crippen LogP contribution in [0.1, 0.15) is 0 Å². The number of hydrogen-bond donors (Lipinski definition) is 6. The molecule has 0 amide bonds. The molecule has 12 heteroatoms. The van der Waals surface area contributed by atoms with Crippen molar-refractivity contribution in [2.75, 3.05) is 34.4 Å². The van der Waals surface area contributed by atoms with Gasteiger partial charge in [0.05, 0.1) is 90.1 Å². The molecule has 0 fully saturated rings. The highest BCUT2D eigenvalue weighted by Gasteiger charge is 2.19. The fourth-order valence-electron chi connectivity index (χ4n) is 7.01. The first-order valence-corrected chi connectivity index (χ1v) is 17.1. The molecule has 0 spiro atoms. The van der Waals surface area contributed by atoms with E-state index in [-0.39, 0.29) is 0 Å². The zero-order valence-corrected chi connectivity index (χ0v) is 28.5. The average Bonchev–Trinajstić information content (AvgIpc) is 3.18. The number of nitrogens with two attached hydrogens (primary N) is 6. The first-order chi connectivity index (χ1) is 26.2. The molecule has 0 bridgehead atoms. The Morgan fingerprint density at radius 2 is 0.685 bits per heavy atom. The van der Waals surface area contributed by atoms with Crippen LogP contribution < -0.4 is 34.4 Å². The summed E-state index contributed by atoms with van der Waals surface area (Å²) in [6.07, 6.45) is 1.73. The van der Waals surface area contributed by atoms with Crippen molar-refractivity contribution >= 4 is 100 Å². The SMILES string of the molecule is Nc1ccc(-c2ccc3nc4c(nc3c2)c2cc3ncc(-c5ccc(N)c(N)c5)nc3cc2c2nc3ccc(-c5ccc(N)c(N)c5)cc3nc24)cc1N. The highest BCUT2D eigenvalue weighted by atomic mass is 14.9. The van der Waals surface area contributed by atoms with Crippen LogP contribution in [-0.4, -0.2) is 29.9 Å². The van der Waals surface area contributed by atoms with Gasteiger partial charge in [-0.25, -0.2) is 24.9 Å². The Balaban J connectivity index is 1.26. The van der Waals surface area contributed by atoms with Gasteiger partial charge in [0.25, 0.3) is 0 Å². The minimum Gasteiger partial charge on any atom is -0.397 e. The number of benzene rings is 7. The van der Waals surface area contributed by atoms with Crippen LogP contribution in [-0.2, 0) is 0 Å². The van der Waals surface area contributed by atoms with E-state index >= 15 is 0 Å². The molecule has 10 rings (SSSR count). The first-order valence-electron chi connectivity index (χ1n) is 17.1. The molecule has 3 heterocycles. The standard InChI is InChI=1S/C42H30N12/c43-26-6-1-19(11-29(26)46)21-5-10-33-35(14-21)53-40-24-16-34-37(50-38(18-49-34)23-3-8-28(45)31(48)13-23)17-25(24)39-42(41(40)52-33)54-36-15-22(4-9-32(36)51-39)20-2-7-27(44)30(47)12-20/h1-18H,43-48H2. The predicted molar refractivity (Wildman–Crippen MR) is 221 cm³/mol. The quantitative estimate of drug-likeness (QED) is 0.0598. The van der Waals surface area contributed by atoms with Gasteiger partial charge in [-0.2, -0.15) is 0 Å². The minimum absolute atomic E-state index is 0.476. The van der Waals surface area contributed by atoms with Gasteiger partial charge < -0.3 is 34.4 Å². The minimum atomic E-state index is 0.476. The van der Waals surface area contributed by atoms with E-state index < -0.39 is 0 Å². The molecule has 0 aliphatic heterocycles. The van der Waals surface area contributed by atoms with Gasteiger partial charge in [0.1, 0.15) is 11.0 Å². The van der Waals surface area contributed by atoms with Crippen LogP contribution in [0.25, 0.3) is 99.5 Å². The van der Waals surface area contributed by atoms with Crippen LogP contribution in [0.5, 0.6) is 0 Å². The van der Waals surface area contributed by atoms with Crippen LogP contribution in [0.15, 0.2) is 109 Å². The Kier molecular flexibility index (Phi) is 6.48. The van der Waals surface area contributed by atoms with Crippen molar-refractivity contribution in [3.05, 3.63) is 109 Å². The molecule has 12 nitrogen and oxygen atoms in total. The van der Waals surface area contributed by atoms with Crippen molar-refractivity contribution < 1.29 is 0 Å². The van der Waals surface area contributed by atoms with Gasteiger partial charge in [0.2, 0.25) is 0 Å². The number of rotatable bonds is 3. The molecule has 0 saturated carbocycles. The first kappa shape index (κ1) is 30.9. The van der Waals surface area contributed by atoms with E-state index in [0.29, 0.717) is 95.0 Å². The van der Waals surface area contributed by atoms with E-state index in [1.807, 2.05) is 78.9 Å². The Morgan fingerprint density at radius 1 is 0.296 bits per heavy atom. The van der Waals surface area contributed by atoms with Gasteiger partial charge in [-0.3, -0.25) is 4.98 Å². The van der Waals surface area contributed by atoms with E-state index in [2.05, 4.69) is 0 Å². The number of aromatic nitrogens is 6. The molecule has 10 aromatic rings. The molecule has 7 aromatic carbocycles. The Morgan fingerprint density at radius 3 is 1.22 bits per heavy atom. The summed E-state index contributed by atoms with van der Waals surface area (Å²) in [6.45, 7) is 0. The summed E-state index contributed by atoms with van der Waals surface area (Å²) in [7, 11) is 0. The lowest BCUT2D eigenvalue weighted by atomic mass is 10.0. The van der Waals surface area contributed by atoms with Crippen molar-refractivity contribution in [3.8, 4) is 33.5 Å². The summed E-state index contributed by atoms with van der Waals surface area (Å²) in [5, 5.41) is 1.64. The molecule has 0 aliphatic carbocycles. The second kappa shape index (κ2) is 11.3. The highest BCUT2D eigenvalue weighted by molar-refractivity contribution is 6.24. The molecule has 258 valence electrons. The van der Waals surface area contributed by atoms with Crippen molar-refractivity contribution in [1.29, 1.82) is 0 Å². The fourth-order valence-corrected chi connectivity index (χ4v) is 7.01. The molecular weight excluding hydrogens is 673 g/mol. The summed E-state index contributed by atoms with van der Waals surface area (Å²) in [4.78, 5) is 30.7. The Hall–Kier alpha value is -7.86. The average molecular weight is 703 g/mol. The summed E-state index contributed by atoms with van der Waals surface area (Å²) >= 11 is 0. The number of nitrogen functional groups attached to an aromatic ring is 6. The third-order valence-electron chi connectivity index (χ3n) is 9.97. The zero-order chi connectivity index (χ0) is 36.8. The van der Waals surface area contributed by atoms with Crippen molar-refractivity contribution in [2.24, 2.45) is 0 Å². The molecule has 0 atom stereocenters. The summed E-state index contributed by atoms with van der Waals surface area (Å²) in [5.74, 6) is 0. The van der Waals surface area contributed by atoms with Gasteiger partial charge in [-0.1, -0.05) is 30.3 Å². The van der Waals surface area contributed by atoms with E-state index in [1.54, 1.807) is 30.5 Å². The third-order valence-corrected chi connectivity index (χ3v) is 9.97. The number of nitrogens with zero attached hydrogens (tertiary/aromatic N) is 6. The van der Waals surface area contributed by atoms with Crippen LogP contribution in [0.3, 0.4) is 0 Å². The molecule has 12 N–H and O–H groups in total. The lowest BCUT2D eigenvalue weighted by Crippen LogP contribution is -1.98. The maximum Gasteiger partial charge on any atom is 0.118 e. The molecule has 0 radical (unpaired) electrons. The Bertz CT molecular complexity index is 2880. The van der Waals surface area contributed by atoms with Crippen molar-refractivity contribution in [1.82, 2.24) is 29.9 Å². The molecular formula is C42H30N12. The maximum absolute atomic E-state index is 6.16. The van der Waals surface area contributed by atoms with E-state index in [9.17, 15) is 0 Å². The fraction of sp³-hybridized carbons (Fsp3) is 0. The van der Waals surface area contributed by atoms with Gasteiger partial charge >= 0.3 is 0 Å². The monoisotopic (exact) mass is 702 g/mol. The van der Waals surface area contributed by atoms with Crippen LogP contribution in [0, 0.1) is 0 Å². The van der Waals surface area contributed by atoms with Crippen LogP contribution >= 0.6 is 0 Å². The Labute approximate surface area is 306 Å². The third kappa shape index (κ3) is 4.85. The van der Waals surface area contributed by atoms with Gasteiger partial charge in [0, 0.05) is 16.3 Å². The highest BCUT2D eigenvalue weighted by Crippen LogP contribution is 2.38. The zero-order valence-electron chi connectivity index (χ0n) is 28.5. The molecule has 0 aliphatic rings. The van der Waals surface area contributed by atoms with Crippen molar-refractivity contribution in [2.45, 2.75) is 0 Å². The van der Waals surface area contributed by atoms with E-state index in [0.717, 1.165) is 38.6 Å². The molecule has 0 unspecified atom stereocenters. The van der Waals surface area contributed by atoms with E-state index in [1.165, 1.54) is 0 Å². The summed E-state index contributed by atoms with van der Waals surface area (Å²) in [5.41, 5.74) is 51.4. The predicted octanol–water partition coefficient (Wildman–Crippen LogP) is 7.47. The topological polar surface area (TPSA) is 233 Å². The van der Waals surface area contributed by atoms with Gasteiger partial charge in [-0.05, 0) is 95.1 Å². The largest absolute Gasteiger partial charge is 0.397 e. The molecule has 3 aromatic heterocycles. The van der Waals surface area contributed by atoms with Gasteiger partial charge in [0.15, 0.2) is 0 Å². The number of anilines is 6. The summed E-state index contributed by atoms with van der Waals surface area (Å²) in [6, 6.07) is 32.5. The molecule has 0 saturated heterocycles. The van der Waals surface area contributed by atoms with Crippen LogP contribution in [0.2, 0.25) is 0 Å². The summed E-state index contributed by atoms with van der Waals surface area (Å²) < 4.78 is 0.